The van der Waals surface area contributed by atoms with Gasteiger partial charge in [0.2, 0.25) is 9.84 Å². The van der Waals surface area contributed by atoms with Gasteiger partial charge in [0.15, 0.2) is 0 Å². The summed E-state index contributed by atoms with van der Waals surface area (Å²) < 4.78 is 25.2. The van der Waals surface area contributed by atoms with Crippen LogP contribution in [-0.4, -0.2) is 31.3 Å². The van der Waals surface area contributed by atoms with Crippen molar-refractivity contribution in [2.75, 3.05) is 6.61 Å². The quantitative estimate of drug-likeness (QED) is 0.843. The molecule has 0 radical (unpaired) electrons. The summed E-state index contributed by atoms with van der Waals surface area (Å²) in [5, 5.41) is 19.0. The van der Waals surface area contributed by atoms with Crippen molar-refractivity contribution < 1.29 is 18.6 Å². The van der Waals surface area contributed by atoms with Crippen LogP contribution in [-0.2, 0) is 9.84 Å². The van der Waals surface area contributed by atoms with Crippen LogP contribution in [0.25, 0.3) is 0 Å². The van der Waals surface area contributed by atoms with Crippen LogP contribution in [0.5, 0.6) is 0 Å². The van der Waals surface area contributed by atoms with Gasteiger partial charge in [-0.25, -0.2) is 8.42 Å². The van der Waals surface area contributed by atoms with Crippen LogP contribution in [0.1, 0.15) is 25.8 Å². The number of rotatable bonds is 6. The normalized spacial score (nSPS) is 14.6. The summed E-state index contributed by atoms with van der Waals surface area (Å²) in [5.41, 5.74) is 0.967. The van der Waals surface area contributed by atoms with Crippen molar-refractivity contribution in [3.63, 3.8) is 0 Å². The van der Waals surface area contributed by atoms with Crippen molar-refractivity contribution in [1.29, 1.82) is 0 Å². The Morgan fingerprint density at radius 2 is 1.80 bits per heavy atom. The number of sulfone groups is 1. The average molecular weight is 298 g/mol. The topological polar surface area (TPSA) is 74.6 Å². The largest absolute Gasteiger partial charge is 0.396 e. The van der Waals surface area contributed by atoms with E-state index in [1.807, 2.05) is 6.92 Å². The molecule has 20 heavy (non-hydrogen) atoms. The lowest BCUT2D eigenvalue weighted by molar-refractivity contribution is 0.166. The van der Waals surface area contributed by atoms with E-state index in [0.29, 0.717) is 0 Å². The Balaban J connectivity index is 3.28. The molecule has 4 nitrogen and oxygen atoms in total. The second-order valence-corrected chi connectivity index (χ2v) is 7.07. The highest BCUT2D eigenvalue weighted by molar-refractivity contribution is 7.95. The van der Waals surface area contributed by atoms with E-state index < -0.39 is 15.9 Å². The first-order valence-corrected chi connectivity index (χ1v) is 8.09. The summed E-state index contributed by atoms with van der Waals surface area (Å²) in [6.07, 6.45) is 0.525. The number of hydrogen-bond acceptors (Lipinski definition) is 4. The lowest BCUT2D eigenvalue weighted by Crippen LogP contribution is -2.24. The van der Waals surface area contributed by atoms with Crippen LogP contribution in [0, 0.1) is 12.8 Å². The predicted molar refractivity (Wildman–Crippen MR) is 79.0 cm³/mol. The Bertz CT molecular complexity index is 556. The van der Waals surface area contributed by atoms with Crippen LogP contribution < -0.4 is 0 Å². The Morgan fingerprint density at radius 1 is 1.25 bits per heavy atom. The van der Waals surface area contributed by atoms with Crippen LogP contribution in [0.2, 0.25) is 0 Å². The fourth-order valence-electron chi connectivity index (χ4n) is 1.78. The van der Waals surface area contributed by atoms with Crippen LogP contribution >= 0.6 is 0 Å². The molecule has 0 aliphatic carbocycles. The Kier molecular flexibility index (Phi) is 5.92. The van der Waals surface area contributed by atoms with Crippen molar-refractivity contribution in [3.8, 4) is 0 Å². The molecule has 0 fully saturated rings. The smallest absolute Gasteiger partial charge is 0.205 e. The molecule has 1 atom stereocenters. The summed E-state index contributed by atoms with van der Waals surface area (Å²) in [6.45, 7) is 5.23. The first-order valence-electron chi connectivity index (χ1n) is 6.61. The van der Waals surface area contributed by atoms with Gasteiger partial charge in [0, 0.05) is 6.61 Å². The maximum absolute atomic E-state index is 12.6. The molecule has 0 aliphatic heterocycles. The van der Waals surface area contributed by atoms with Crippen LogP contribution in [0.15, 0.2) is 40.1 Å². The molecule has 1 aromatic rings. The lowest BCUT2D eigenvalue weighted by Gasteiger charge is -2.19. The predicted octanol–water partition coefficient (Wildman–Crippen LogP) is 2.05. The highest BCUT2D eigenvalue weighted by atomic mass is 32.2. The monoisotopic (exact) mass is 298 g/mol. The molecule has 112 valence electrons. The van der Waals surface area contributed by atoms with Gasteiger partial charge in [-0.1, -0.05) is 37.6 Å². The van der Waals surface area contributed by atoms with Gasteiger partial charge in [0.05, 0.1) is 15.9 Å². The molecule has 0 heterocycles. The van der Waals surface area contributed by atoms with Crippen molar-refractivity contribution in [2.24, 2.45) is 5.92 Å². The second kappa shape index (κ2) is 7.02. The molecule has 0 saturated carbocycles. The van der Waals surface area contributed by atoms with Gasteiger partial charge in [-0.2, -0.15) is 0 Å². The minimum atomic E-state index is -3.73. The first-order chi connectivity index (χ1) is 9.30. The second-order valence-electron chi connectivity index (χ2n) is 5.12. The van der Waals surface area contributed by atoms with E-state index in [4.69, 9.17) is 5.11 Å². The van der Waals surface area contributed by atoms with Crippen molar-refractivity contribution in [1.82, 2.24) is 0 Å². The molecule has 2 N–H and O–H groups in total. The van der Waals surface area contributed by atoms with E-state index in [-0.39, 0.29) is 28.7 Å². The van der Waals surface area contributed by atoms with E-state index in [2.05, 4.69) is 0 Å². The third-order valence-electron chi connectivity index (χ3n) is 3.04. The third kappa shape index (κ3) is 3.91. The summed E-state index contributed by atoms with van der Waals surface area (Å²) in [6, 6.07) is 6.51. The number of aryl methyl sites for hydroxylation is 1. The molecule has 0 amide bonds. The molecular formula is C15H22O4S. The maximum Gasteiger partial charge on any atom is 0.205 e. The number of aliphatic hydroxyl groups excluding tert-OH is 2. The van der Waals surface area contributed by atoms with Gasteiger partial charge in [-0.3, -0.25) is 0 Å². The molecule has 1 aromatic carbocycles. The first kappa shape index (κ1) is 16.9. The molecule has 0 aromatic heterocycles. The SMILES string of the molecule is Cc1ccc(S(=O)(=O)/C(=C/CCO)C(O)C(C)C)cc1. The van der Waals surface area contributed by atoms with Crippen molar-refractivity contribution in [3.05, 3.63) is 40.8 Å². The van der Waals surface area contributed by atoms with Crippen molar-refractivity contribution >= 4 is 9.84 Å². The summed E-state index contributed by atoms with van der Waals surface area (Å²) in [7, 11) is -3.73. The highest BCUT2D eigenvalue weighted by Gasteiger charge is 2.28. The molecule has 1 unspecified atom stereocenters. The van der Waals surface area contributed by atoms with Crippen LogP contribution in [0.4, 0.5) is 0 Å². The Labute approximate surface area is 120 Å². The zero-order valence-corrected chi connectivity index (χ0v) is 12.9. The zero-order chi connectivity index (χ0) is 15.3. The standard InChI is InChI=1S/C15H22O4S/c1-11(2)15(17)14(5-4-10-16)20(18,19)13-8-6-12(3)7-9-13/h5-9,11,15-17H,4,10H2,1-3H3/b14-5+. The highest BCUT2D eigenvalue weighted by Crippen LogP contribution is 2.26. The summed E-state index contributed by atoms with van der Waals surface area (Å²) in [5.74, 6) is -0.222. The fraction of sp³-hybridized carbons (Fsp3) is 0.467. The number of benzene rings is 1. The fourth-order valence-corrected chi connectivity index (χ4v) is 3.47. The summed E-state index contributed by atoms with van der Waals surface area (Å²) >= 11 is 0. The lowest BCUT2D eigenvalue weighted by atomic mass is 10.1. The summed E-state index contributed by atoms with van der Waals surface area (Å²) in [4.78, 5) is 0.123. The molecule has 0 bridgehead atoms. The minimum Gasteiger partial charge on any atom is -0.396 e. The number of aliphatic hydroxyl groups is 2. The van der Waals surface area contributed by atoms with Gasteiger partial charge < -0.3 is 10.2 Å². The molecule has 5 heteroatoms. The molecule has 0 spiro atoms. The van der Waals surface area contributed by atoms with Crippen LogP contribution in [0.3, 0.4) is 0 Å². The van der Waals surface area contributed by atoms with Gasteiger partial charge in [0.1, 0.15) is 0 Å². The molecular weight excluding hydrogens is 276 g/mol. The average Bonchev–Trinajstić information content (AvgIpc) is 2.39. The van der Waals surface area contributed by atoms with Crippen molar-refractivity contribution in [2.45, 2.75) is 38.2 Å². The molecule has 1 rings (SSSR count). The van der Waals surface area contributed by atoms with Gasteiger partial charge >= 0.3 is 0 Å². The Morgan fingerprint density at radius 3 is 2.25 bits per heavy atom. The maximum atomic E-state index is 12.6. The van der Waals surface area contributed by atoms with E-state index in [9.17, 15) is 13.5 Å². The van der Waals surface area contributed by atoms with Gasteiger partial charge in [0.25, 0.3) is 0 Å². The van der Waals surface area contributed by atoms with E-state index in [1.165, 1.54) is 18.2 Å². The van der Waals surface area contributed by atoms with E-state index >= 15 is 0 Å². The Hall–Kier alpha value is -1.17. The third-order valence-corrected chi connectivity index (χ3v) is 4.96. The minimum absolute atomic E-state index is 0.0367. The van der Waals surface area contributed by atoms with E-state index in [0.717, 1.165) is 5.56 Å². The van der Waals surface area contributed by atoms with Gasteiger partial charge in [-0.15, -0.1) is 0 Å². The molecule has 0 saturated heterocycles. The zero-order valence-electron chi connectivity index (χ0n) is 12.1. The number of hydrogen-bond donors (Lipinski definition) is 2. The molecule has 0 aliphatic rings. The van der Waals surface area contributed by atoms with Gasteiger partial charge in [-0.05, 0) is 31.4 Å². The van der Waals surface area contributed by atoms with E-state index in [1.54, 1.807) is 26.0 Å².